The minimum absolute atomic E-state index is 0.000769. The average Bonchev–Trinajstić information content (AvgIpc) is 2.53. The van der Waals surface area contributed by atoms with Crippen LogP contribution in [0.3, 0.4) is 0 Å². The fraction of sp³-hybridized carbons (Fsp3) is 0.444. The smallest absolute Gasteiger partial charge is 0.349 e. The lowest BCUT2D eigenvalue weighted by molar-refractivity contribution is -0.135. The first-order valence-corrected chi connectivity index (χ1v) is 8.47. The maximum atomic E-state index is 12.0. The molecule has 0 unspecified atom stereocenters. The van der Waals surface area contributed by atoms with Crippen molar-refractivity contribution in [3.05, 3.63) is 33.3 Å². The van der Waals surface area contributed by atoms with Gasteiger partial charge in [-0.2, -0.15) is 15.8 Å². The van der Waals surface area contributed by atoms with Gasteiger partial charge in [-0.3, -0.25) is 0 Å². The molecule has 0 aromatic carbocycles. The summed E-state index contributed by atoms with van der Waals surface area (Å²) in [5.41, 5.74) is 1.16. The van der Waals surface area contributed by atoms with Gasteiger partial charge in [-0.05, 0) is 30.6 Å². The van der Waals surface area contributed by atoms with Crippen molar-refractivity contribution in [2.24, 2.45) is 11.3 Å². The molecule has 124 valence electrons. The van der Waals surface area contributed by atoms with E-state index in [1.54, 1.807) is 6.26 Å². The maximum absolute atomic E-state index is 12.0. The van der Waals surface area contributed by atoms with Crippen LogP contribution < -0.4 is 0 Å². The van der Waals surface area contributed by atoms with Crippen LogP contribution in [0.2, 0.25) is 0 Å². The van der Waals surface area contributed by atoms with Crippen LogP contribution in [-0.2, 0) is 9.53 Å². The molecule has 0 fully saturated rings. The Morgan fingerprint density at radius 2 is 1.88 bits per heavy atom. The van der Waals surface area contributed by atoms with Crippen LogP contribution in [0.15, 0.2) is 33.3 Å². The third kappa shape index (κ3) is 3.70. The molecular weight excluding hydrogens is 322 g/mol. The van der Waals surface area contributed by atoms with Crippen molar-refractivity contribution < 1.29 is 9.53 Å². The Morgan fingerprint density at radius 1 is 1.29 bits per heavy atom. The lowest BCUT2D eigenvalue weighted by Gasteiger charge is -2.40. The Balaban J connectivity index is 3.85. The second-order valence-corrected chi connectivity index (χ2v) is 7.04. The summed E-state index contributed by atoms with van der Waals surface area (Å²) in [4.78, 5) is 12.5. The molecule has 1 rings (SSSR count). The molecule has 0 aliphatic heterocycles. The molecule has 24 heavy (non-hydrogen) atoms. The number of allylic oxidation sites excluding steroid dienone is 5. The molecule has 0 bridgehead atoms. The van der Waals surface area contributed by atoms with Crippen LogP contribution in [0.25, 0.3) is 0 Å². The van der Waals surface area contributed by atoms with E-state index in [9.17, 15) is 20.6 Å². The van der Waals surface area contributed by atoms with Crippen LogP contribution in [0.4, 0.5) is 0 Å². The van der Waals surface area contributed by atoms with Gasteiger partial charge in [-0.25, -0.2) is 4.79 Å². The number of hydrogen-bond donors (Lipinski definition) is 0. The summed E-state index contributed by atoms with van der Waals surface area (Å²) in [6, 6.07) is 5.78. The molecule has 1 aliphatic rings. The van der Waals surface area contributed by atoms with Crippen molar-refractivity contribution in [3.63, 3.8) is 0 Å². The van der Waals surface area contributed by atoms with Gasteiger partial charge in [-0.1, -0.05) is 25.5 Å². The van der Waals surface area contributed by atoms with E-state index in [1.807, 2.05) is 45.1 Å². The molecule has 0 saturated carbocycles. The number of thioether (sulfide) groups is 1. The second-order valence-electron chi connectivity index (χ2n) is 6.19. The number of methoxy groups -OCH3 is 1. The fourth-order valence-corrected chi connectivity index (χ4v) is 4.19. The summed E-state index contributed by atoms with van der Waals surface area (Å²) in [5.74, 6) is -1.11. The molecule has 0 amide bonds. The van der Waals surface area contributed by atoms with Gasteiger partial charge in [0.25, 0.3) is 0 Å². The van der Waals surface area contributed by atoms with E-state index in [4.69, 9.17) is 4.74 Å². The number of hydrogen-bond acceptors (Lipinski definition) is 6. The first kappa shape index (κ1) is 19.6. The number of carbonyl (C=O) groups excluding carboxylic acids is 1. The topological polar surface area (TPSA) is 97.7 Å². The number of esters is 1. The third-order valence-electron chi connectivity index (χ3n) is 3.97. The quantitative estimate of drug-likeness (QED) is 0.441. The molecule has 6 heteroatoms. The highest BCUT2D eigenvalue weighted by molar-refractivity contribution is 8.02. The van der Waals surface area contributed by atoms with Gasteiger partial charge in [0.15, 0.2) is 0 Å². The molecule has 0 N–H and O–H groups in total. The standard InChI is InChI=1S/C18H19N3O2S/c1-11-6-13(12(8-19)9-20)15(18(2,3)7-11)16(24-5)14(10-21)17(22)23-4/h6,15H,7H2,1-5H3/b16-14-/t15-/m0/s1. The van der Waals surface area contributed by atoms with E-state index in [-0.39, 0.29) is 16.6 Å². The summed E-state index contributed by atoms with van der Waals surface area (Å²) in [7, 11) is 1.22. The van der Waals surface area contributed by atoms with Crippen molar-refractivity contribution in [1.82, 2.24) is 0 Å². The molecular formula is C18H19N3O2S. The zero-order valence-electron chi connectivity index (χ0n) is 14.4. The van der Waals surface area contributed by atoms with Gasteiger partial charge < -0.3 is 4.74 Å². The third-order valence-corrected chi connectivity index (χ3v) is 4.85. The van der Waals surface area contributed by atoms with Crippen molar-refractivity contribution in [1.29, 1.82) is 15.8 Å². The Labute approximate surface area is 146 Å². The van der Waals surface area contributed by atoms with Gasteiger partial charge >= 0.3 is 5.97 Å². The van der Waals surface area contributed by atoms with E-state index in [1.165, 1.54) is 18.9 Å². The maximum Gasteiger partial charge on any atom is 0.349 e. The van der Waals surface area contributed by atoms with Crippen LogP contribution in [0.1, 0.15) is 27.2 Å². The van der Waals surface area contributed by atoms with Gasteiger partial charge in [0.2, 0.25) is 0 Å². The summed E-state index contributed by atoms with van der Waals surface area (Å²) < 4.78 is 4.72. The lowest BCUT2D eigenvalue weighted by Crippen LogP contribution is -2.31. The minimum Gasteiger partial charge on any atom is -0.465 e. The zero-order chi connectivity index (χ0) is 18.5. The van der Waals surface area contributed by atoms with Gasteiger partial charge in [0.1, 0.15) is 29.4 Å². The number of ether oxygens (including phenoxy) is 1. The van der Waals surface area contributed by atoms with E-state index >= 15 is 0 Å². The predicted octanol–water partition coefficient (Wildman–Crippen LogP) is 3.64. The van der Waals surface area contributed by atoms with Crippen LogP contribution in [0, 0.1) is 45.3 Å². The normalized spacial score (nSPS) is 19.8. The van der Waals surface area contributed by atoms with Gasteiger partial charge in [0, 0.05) is 10.8 Å². The number of rotatable bonds is 3. The summed E-state index contributed by atoms with van der Waals surface area (Å²) in [6.07, 6.45) is 4.32. The molecule has 1 aliphatic carbocycles. The molecule has 0 radical (unpaired) electrons. The van der Waals surface area contributed by atoms with Crippen molar-refractivity contribution in [2.75, 3.05) is 13.4 Å². The average molecular weight is 341 g/mol. The Morgan fingerprint density at radius 3 is 2.29 bits per heavy atom. The number of nitriles is 3. The Hall–Kier alpha value is -2.49. The van der Waals surface area contributed by atoms with Crippen molar-refractivity contribution >= 4 is 17.7 Å². The molecule has 0 spiro atoms. The second kappa shape index (κ2) is 7.86. The molecule has 0 saturated heterocycles. The lowest BCUT2D eigenvalue weighted by atomic mass is 9.65. The Kier molecular flexibility index (Phi) is 6.41. The van der Waals surface area contributed by atoms with Crippen LogP contribution in [0.5, 0.6) is 0 Å². The molecule has 0 aromatic heterocycles. The predicted molar refractivity (Wildman–Crippen MR) is 92.1 cm³/mol. The highest BCUT2D eigenvalue weighted by atomic mass is 32.2. The zero-order valence-corrected chi connectivity index (χ0v) is 15.2. The molecule has 0 heterocycles. The first-order valence-electron chi connectivity index (χ1n) is 7.25. The van der Waals surface area contributed by atoms with Gasteiger partial charge in [-0.15, -0.1) is 11.8 Å². The summed E-state index contributed by atoms with van der Waals surface area (Å²) in [6.45, 7) is 5.95. The summed E-state index contributed by atoms with van der Waals surface area (Å²) in [5, 5.41) is 28.1. The van der Waals surface area contributed by atoms with Crippen LogP contribution >= 0.6 is 11.8 Å². The van der Waals surface area contributed by atoms with E-state index < -0.39 is 11.9 Å². The summed E-state index contributed by atoms with van der Waals surface area (Å²) >= 11 is 1.27. The largest absolute Gasteiger partial charge is 0.465 e. The van der Waals surface area contributed by atoms with Crippen molar-refractivity contribution in [3.8, 4) is 18.2 Å². The van der Waals surface area contributed by atoms with E-state index in [0.717, 1.165) is 12.0 Å². The highest BCUT2D eigenvalue weighted by Gasteiger charge is 2.41. The number of carbonyl (C=O) groups is 1. The number of nitrogens with zero attached hydrogens (tertiary/aromatic N) is 3. The monoisotopic (exact) mass is 341 g/mol. The van der Waals surface area contributed by atoms with Gasteiger partial charge in [0.05, 0.1) is 7.11 Å². The van der Waals surface area contributed by atoms with E-state index in [2.05, 4.69) is 0 Å². The SMILES string of the molecule is COC(=O)/C(C#N)=C(\SC)[C@@H]1C(=C(C#N)C#N)C=C(C)CC1(C)C. The van der Waals surface area contributed by atoms with E-state index in [0.29, 0.717) is 10.5 Å². The van der Waals surface area contributed by atoms with Crippen LogP contribution in [-0.4, -0.2) is 19.3 Å². The van der Waals surface area contributed by atoms with Crippen molar-refractivity contribution in [2.45, 2.75) is 27.2 Å². The highest BCUT2D eigenvalue weighted by Crippen LogP contribution is 2.50. The Bertz CT molecular complexity index is 752. The molecule has 0 aromatic rings. The molecule has 5 nitrogen and oxygen atoms in total. The fourth-order valence-electron chi connectivity index (χ4n) is 3.18. The molecule has 1 atom stereocenters. The first-order chi connectivity index (χ1) is 11.3. The minimum atomic E-state index is -0.709.